The van der Waals surface area contributed by atoms with Crippen molar-refractivity contribution in [1.29, 1.82) is 0 Å². The van der Waals surface area contributed by atoms with Gasteiger partial charge in [-0.3, -0.25) is 14.4 Å². The second-order valence-corrected chi connectivity index (χ2v) is 9.80. The normalized spacial score (nSPS) is 11.0. The fourth-order valence-corrected chi connectivity index (χ4v) is 4.42. The summed E-state index contributed by atoms with van der Waals surface area (Å²) in [5.74, 6) is -0.648. The topological polar surface area (TPSA) is 70.8 Å². The van der Waals surface area contributed by atoms with E-state index < -0.39 is 0 Å². The third-order valence-corrected chi connectivity index (χ3v) is 6.71. The highest BCUT2D eigenvalue weighted by molar-refractivity contribution is 5.85. The second kappa shape index (κ2) is 15.1. The second-order valence-electron chi connectivity index (χ2n) is 9.80. The zero-order valence-electron chi connectivity index (χ0n) is 22.6. The third kappa shape index (κ3) is 8.54. The van der Waals surface area contributed by atoms with E-state index >= 15 is 0 Å². The van der Waals surface area contributed by atoms with Crippen LogP contribution < -0.4 is 5.43 Å². The molecule has 2 amide bonds. The number of rotatable bonds is 15. The summed E-state index contributed by atoms with van der Waals surface area (Å²) in [5, 5.41) is 0.446. The molecule has 1 heterocycles. The van der Waals surface area contributed by atoms with E-state index in [0.717, 1.165) is 50.5 Å². The van der Waals surface area contributed by atoms with Crippen LogP contribution in [0.1, 0.15) is 76.3 Å². The van der Waals surface area contributed by atoms with Gasteiger partial charge in [0.05, 0.1) is 30.3 Å². The highest BCUT2D eigenvalue weighted by atomic mass is 19.1. The molecule has 0 unspecified atom stereocenters. The van der Waals surface area contributed by atoms with Crippen molar-refractivity contribution in [3.8, 4) is 0 Å². The van der Waals surface area contributed by atoms with E-state index in [9.17, 15) is 18.8 Å². The van der Waals surface area contributed by atoms with Gasteiger partial charge in [-0.05, 0) is 42.7 Å². The molecule has 6 nitrogen and oxygen atoms in total. The summed E-state index contributed by atoms with van der Waals surface area (Å²) in [6.07, 6.45) is 8.76. The van der Waals surface area contributed by atoms with Crippen molar-refractivity contribution in [2.75, 3.05) is 13.1 Å². The Morgan fingerprint density at radius 3 is 2.26 bits per heavy atom. The number of benzene rings is 2. The van der Waals surface area contributed by atoms with Crippen LogP contribution in [0.3, 0.4) is 0 Å². The maximum absolute atomic E-state index is 13.6. The van der Waals surface area contributed by atoms with Gasteiger partial charge in [-0.15, -0.1) is 0 Å². The number of fused-ring (bicyclic) bond motifs is 1. The minimum absolute atomic E-state index is 0.0183. The molecule has 0 saturated heterocycles. The molecule has 7 heteroatoms. The first kappa shape index (κ1) is 29.1. The van der Waals surface area contributed by atoms with Crippen LogP contribution in [0.4, 0.5) is 4.39 Å². The van der Waals surface area contributed by atoms with Crippen LogP contribution in [0.25, 0.3) is 11.0 Å². The quantitative estimate of drug-likeness (QED) is 0.215. The lowest BCUT2D eigenvalue weighted by molar-refractivity contribution is -0.141. The molecule has 0 aliphatic heterocycles. The average molecular weight is 523 g/mol. The zero-order valence-corrected chi connectivity index (χ0v) is 22.6. The molecule has 0 radical (unpaired) electrons. The van der Waals surface area contributed by atoms with Crippen LogP contribution in [0, 0.1) is 5.82 Å². The average Bonchev–Trinajstić information content (AvgIpc) is 2.93. The predicted octanol–water partition coefficient (Wildman–Crippen LogP) is 6.45. The van der Waals surface area contributed by atoms with Gasteiger partial charge in [0.1, 0.15) is 11.4 Å². The van der Waals surface area contributed by atoms with E-state index in [-0.39, 0.29) is 42.7 Å². The van der Waals surface area contributed by atoms with Gasteiger partial charge in [0.25, 0.3) is 0 Å². The van der Waals surface area contributed by atoms with Gasteiger partial charge in [-0.1, -0.05) is 70.2 Å². The summed E-state index contributed by atoms with van der Waals surface area (Å²) in [7, 11) is 0. The Balaban J connectivity index is 1.80. The van der Waals surface area contributed by atoms with E-state index in [1.54, 1.807) is 46.2 Å². The van der Waals surface area contributed by atoms with Crippen LogP contribution in [0.5, 0.6) is 0 Å². The summed E-state index contributed by atoms with van der Waals surface area (Å²) >= 11 is 0. The van der Waals surface area contributed by atoms with Gasteiger partial charge in [0.2, 0.25) is 11.8 Å². The predicted molar refractivity (Wildman–Crippen MR) is 148 cm³/mol. The van der Waals surface area contributed by atoms with Crippen molar-refractivity contribution in [3.05, 3.63) is 82.0 Å². The van der Waals surface area contributed by atoms with Gasteiger partial charge >= 0.3 is 0 Å². The van der Waals surface area contributed by atoms with Crippen molar-refractivity contribution < 1.29 is 18.4 Å². The van der Waals surface area contributed by atoms with Gasteiger partial charge in [0, 0.05) is 19.5 Å². The van der Waals surface area contributed by atoms with E-state index in [4.69, 9.17) is 4.42 Å². The minimum Gasteiger partial charge on any atom is -0.464 e. The SMILES string of the molecule is CCCCCCCC(=O)N(CCCC)CC(=O)N(Cc1ccc(F)cc1)Cc1coc2ccccc2c1=O. The van der Waals surface area contributed by atoms with Crippen molar-refractivity contribution in [3.63, 3.8) is 0 Å². The molecule has 0 aliphatic carbocycles. The van der Waals surface area contributed by atoms with Crippen LogP contribution in [0.15, 0.2) is 64.0 Å². The lowest BCUT2D eigenvalue weighted by atomic mass is 10.1. The van der Waals surface area contributed by atoms with Gasteiger partial charge in [-0.2, -0.15) is 0 Å². The molecule has 3 rings (SSSR count). The first-order chi connectivity index (χ1) is 18.4. The number of halogens is 1. The number of nitrogens with zero attached hydrogens (tertiary/aromatic N) is 2. The summed E-state index contributed by atoms with van der Waals surface area (Å²) in [4.78, 5) is 43.0. The van der Waals surface area contributed by atoms with Crippen LogP contribution in [-0.2, 0) is 22.7 Å². The van der Waals surface area contributed by atoms with Crippen LogP contribution >= 0.6 is 0 Å². The molecule has 204 valence electrons. The molecule has 2 aromatic carbocycles. The Morgan fingerprint density at radius 1 is 0.816 bits per heavy atom. The molecule has 0 N–H and O–H groups in total. The molecule has 0 fully saturated rings. The molecule has 0 atom stereocenters. The number of para-hydroxylation sites is 1. The zero-order chi connectivity index (χ0) is 27.3. The number of amides is 2. The maximum Gasteiger partial charge on any atom is 0.242 e. The van der Waals surface area contributed by atoms with Crippen molar-refractivity contribution in [2.45, 2.75) is 78.3 Å². The molecule has 38 heavy (non-hydrogen) atoms. The Morgan fingerprint density at radius 2 is 1.53 bits per heavy atom. The lowest BCUT2D eigenvalue weighted by Crippen LogP contribution is -2.43. The summed E-state index contributed by atoms with van der Waals surface area (Å²) < 4.78 is 19.2. The first-order valence-electron chi connectivity index (χ1n) is 13.7. The molecule has 0 bridgehead atoms. The summed E-state index contributed by atoms with van der Waals surface area (Å²) in [6.45, 7) is 4.86. The highest BCUT2D eigenvalue weighted by Crippen LogP contribution is 2.15. The van der Waals surface area contributed by atoms with E-state index in [0.29, 0.717) is 29.5 Å². The number of hydrogen-bond acceptors (Lipinski definition) is 4. The standard InChI is InChI=1S/C31H39FN2O4/c1-3-5-7-8-9-14-29(35)33(19-6-4-2)22-30(36)34(20-24-15-17-26(32)18-16-24)21-25-23-38-28-13-11-10-12-27(28)31(25)37/h10-13,15-18,23H,3-9,14,19-22H2,1-2H3. The largest absolute Gasteiger partial charge is 0.464 e. The molecule has 3 aromatic rings. The van der Waals surface area contributed by atoms with E-state index in [2.05, 4.69) is 13.8 Å². The van der Waals surface area contributed by atoms with E-state index in [1.807, 2.05) is 0 Å². The Kier molecular flexibility index (Phi) is 11.5. The number of unbranched alkanes of at least 4 members (excludes halogenated alkanes) is 5. The fraction of sp³-hybridized carbons (Fsp3) is 0.452. The maximum atomic E-state index is 13.6. The number of carbonyl (C=O) groups is 2. The third-order valence-electron chi connectivity index (χ3n) is 6.71. The van der Waals surface area contributed by atoms with Crippen molar-refractivity contribution in [2.24, 2.45) is 0 Å². The van der Waals surface area contributed by atoms with Crippen molar-refractivity contribution >= 4 is 22.8 Å². The van der Waals surface area contributed by atoms with Crippen LogP contribution in [-0.4, -0.2) is 34.7 Å². The summed E-state index contributed by atoms with van der Waals surface area (Å²) in [5.41, 5.74) is 1.36. The van der Waals surface area contributed by atoms with Gasteiger partial charge < -0.3 is 14.2 Å². The smallest absolute Gasteiger partial charge is 0.242 e. The highest BCUT2D eigenvalue weighted by Gasteiger charge is 2.23. The first-order valence-corrected chi connectivity index (χ1v) is 13.7. The van der Waals surface area contributed by atoms with E-state index in [1.165, 1.54) is 18.4 Å². The molecule has 0 aliphatic rings. The molecular formula is C31H39FN2O4. The molecular weight excluding hydrogens is 483 g/mol. The monoisotopic (exact) mass is 522 g/mol. The Labute approximate surface area is 224 Å². The fourth-order valence-electron chi connectivity index (χ4n) is 4.42. The molecule has 0 spiro atoms. The molecule has 1 aromatic heterocycles. The lowest BCUT2D eigenvalue weighted by Gasteiger charge is -2.28. The minimum atomic E-state index is -0.364. The van der Waals surface area contributed by atoms with Gasteiger partial charge in [0.15, 0.2) is 5.43 Å². The van der Waals surface area contributed by atoms with Gasteiger partial charge in [-0.25, -0.2) is 4.39 Å². The number of hydrogen-bond donors (Lipinski definition) is 0. The molecule has 0 saturated carbocycles. The summed E-state index contributed by atoms with van der Waals surface area (Å²) in [6, 6.07) is 12.9. The Bertz CT molecular complexity index is 1240. The number of carbonyl (C=O) groups excluding carboxylic acids is 2. The Hall–Kier alpha value is -3.48. The van der Waals surface area contributed by atoms with Crippen LogP contribution in [0.2, 0.25) is 0 Å². The van der Waals surface area contributed by atoms with Crippen molar-refractivity contribution in [1.82, 2.24) is 9.80 Å².